The van der Waals surface area contributed by atoms with Gasteiger partial charge in [0.1, 0.15) is 5.75 Å². The average Bonchev–Trinajstić information content (AvgIpc) is 2.72. The first kappa shape index (κ1) is 14.9. The third-order valence-corrected chi connectivity index (χ3v) is 5.32. The summed E-state index contributed by atoms with van der Waals surface area (Å²) in [5, 5.41) is 3.93. The van der Waals surface area contributed by atoms with Gasteiger partial charge in [-0.2, -0.15) is 0 Å². The Labute approximate surface area is 129 Å². The number of nitrogens with one attached hydrogen (secondary N) is 1. The monoisotopic (exact) mass is 287 g/mol. The van der Waals surface area contributed by atoms with Crippen LogP contribution in [-0.4, -0.2) is 12.6 Å². The number of hydrogen-bond donors (Lipinski definition) is 1. The Kier molecular flexibility index (Phi) is 4.84. The molecule has 1 aromatic rings. The van der Waals surface area contributed by atoms with Gasteiger partial charge >= 0.3 is 0 Å². The predicted molar refractivity (Wildman–Crippen MR) is 87.8 cm³/mol. The fraction of sp³-hybridized carbons (Fsp3) is 0.684. The van der Waals surface area contributed by atoms with Crippen LogP contribution in [0.25, 0.3) is 0 Å². The van der Waals surface area contributed by atoms with Gasteiger partial charge < -0.3 is 10.1 Å². The Morgan fingerprint density at radius 3 is 2.71 bits per heavy atom. The zero-order chi connectivity index (χ0) is 14.7. The highest BCUT2D eigenvalue weighted by molar-refractivity contribution is 5.43. The summed E-state index contributed by atoms with van der Waals surface area (Å²) in [5.41, 5.74) is 2.64. The Balaban J connectivity index is 1.74. The lowest BCUT2D eigenvalue weighted by molar-refractivity contribution is 0.259. The molecule has 1 aliphatic carbocycles. The second-order valence-electron chi connectivity index (χ2n) is 6.89. The molecule has 2 nitrogen and oxygen atoms in total. The summed E-state index contributed by atoms with van der Waals surface area (Å²) in [7, 11) is 0. The summed E-state index contributed by atoms with van der Waals surface area (Å²) in [6, 6.07) is 7.65. The third-order valence-electron chi connectivity index (χ3n) is 5.32. The van der Waals surface area contributed by atoms with Gasteiger partial charge in [-0.15, -0.1) is 0 Å². The molecule has 0 saturated heterocycles. The second kappa shape index (κ2) is 6.83. The minimum Gasteiger partial charge on any atom is -0.493 e. The van der Waals surface area contributed by atoms with Gasteiger partial charge in [-0.05, 0) is 51.0 Å². The summed E-state index contributed by atoms with van der Waals surface area (Å²) in [6.07, 6.45) is 9.40. The predicted octanol–water partition coefficient (Wildman–Crippen LogP) is 4.77. The second-order valence-corrected chi connectivity index (χ2v) is 6.89. The van der Waals surface area contributed by atoms with Gasteiger partial charge in [0.05, 0.1) is 6.61 Å². The highest BCUT2D eigenvalue weighted by Gasteiger charge is 2.26. The smallest absolute Gasteiger partial charge is 0.126 e. The fourth-order valence-corrected chi connectivity index (χ4v) is 4.02. The molecule has 3 rings (SSSR count). The molecule has 0 radical (unpaired) electrons. The Bertz CT molecular complexity index is 465. The molecule has 1 N–H and O–H groups in total. The van der Waals surface area contributed by atoms with Gasteiger partial charge in [0.15, 0.2) is 0 Å². The van der Waals surface area contributed by atoms with E-state index in [0.717, 1.165) is 24.7 Å². The van der Waals surface area contributed by atoms with Gasteiger partial charge in [-0.1, -0.05) is 37.5 Å². The van der Waals surface area contributed by atoms with E-state index in [0.29, 0.717) is 12.1 Å². The highest BCUT2D eigenvalue weighted by Crippen LogP contribution is 2.35. The van der Waals surface area contributed by atoms with Crippen LogP contribution in [0.2, 0.25) is 0 Å². The molecular formula is C19H29NO. The van der Waals surface area contributed by atoms with E-state index in [4.69, 9.17) is 4.74 Å². The highest BCUT2D eigenvalue weighted by atomic mass is 16.5. The molecule has 1 unspecified atom stereocenters. The van der Waals surface area contributed by atoms with Gasteiger partial charge in [0.2, 0.25) is 0 Å². The van der Waals surface area contributed by atoms with Crippen molar-refractivity contribution < 1.29 is 4.74 Å². The first-order valence-electron chi connectivity index (χ1n) is 8.74. The van der Waals surface area contributed by atoms with E-state index in [1.807, 2.05) is 0 Å². The molecule has 1 fully saturated rings. The molecule has 1 saturated carbocycles. The van der Waals surface area contributed by atoms with E-state index in [2.05, 4.69) is 37.4 Å². The van der Waals surface area contributed by atoms with Crippen molar-refractivity contribution in [3.8, 4) is 5.75 Å². The fourth-order valence-electron chi connectivity index (χ4n) is 4.02. The summed E-state index contributed by atoms with van der Waals surface area (Å²) >= 11 is 0. The Morgan fingerprint density at radius 1 is 1.10 bits per heavy atom. The van der Waals surface area contributed by atoms with E-state index in [1.54, 1.807) is 0 Å². The molecular weight excluding hydrogens is 258 g/mol. The summed E-state index contributed by atoms with van der Waals surface area (Å²) in [4.78, 5) is 0. The topological polar surface area (TPSA) is 21.3 Å². The number of fused-ring (bicyclic) bond motifs is 1. The van der Waals surface area contributed by atoms with Crippen LogP contribution in [0.3, 0.4) is 0 Å². The molecule has 116 valence electrons. The van der Waals surface area contributed by atoms with Crippen LogP contribution in [0, 0.1) is 12.8 Å². The van der Waals surface area contributed by atoms with Gasteiger partial charge in [0.25, 0.3) is 0 Å². The summed E-state index contributed by atoms with van der Waals surface area (Å²) < 4.78 is 6.00. The number of benzene rings is 1. The number of rotatable bonds is 3. The normalized spacial score (nSPS) is 24.8. The molecule has 21 heavy (non-hydrogen) atoms. The lowest BCUT2D eigenvalue weighted by atomic mass is 9.84. The number of ether oxygens (including phenoxy) is 1. The van der Waals surface area contributed by atoms with Crippen molar-refractivity contribution in [3.05, 3.63) is 29.3 Å². The van der Waals surface area contributed by atoms with E-state index < -0.39 is 0 Å². The molecule has 0 aromatic heterocycles. The first-order valence-corrected chi connectivity index (χ1v) is 8.74. The number of para-hydroxylation sites is 1. The minimum absolute atomic E-state index is 0.458. The molecule has 2 aliphatic rings. The standard InChI is InChI=1S/C19H29NO/c1-14-8-6-11-17-18(12-7-13-21-19(14)17)20-15(2)16-9-4-3-5-10-16/h6,8,11,15-16,18,20H,3-5,7,9-10,12-13H2,1-2H3/t15-,18?/m0/s1. The van der Waals surface area contributed by atoms with Crippen LogP contribution in [0.15, 0.2) is 18.2 Å². The molecule has 0 bridgehead atoms. The van der Waals surface area contributed by atoms with Crippen molar-refractivity contribution in [2.75, 3.05) is 6.61 Å². The maximum Gasteiger partial charge on any atom is 0.126 e. The zero-order valence-electron chi connectivity index (χ0n) is 13.5. The maximum absolute atomic E-state index is 6.00. The third kappa shape index (κ3) is 3.42. The van der Waals surface area contributed by atoms with Crippen LogP contribution < -0.4 is 10.1 Å². The molecule has 2 heteroatoms. The van der Waals surface area contributed by atoms with Crippen molar-refractivity contribution >= 4 is 0 Å². The van der Waals surface area contributed by atoms with Crippen LogP contribution >= 0.6 is 0 Å². The van der Waals surface area contributed by atoms with E-state index >= 15 is 0 Å². The lowest BCUT2D eigenvalue weighted by Gasteiger charge is -2.32. The largest absolute Gasteiger partial charge is 0.493 e. The van der Waals surface area contributed by atoms with Crippen LogP contribution in [-0.2, 0) is 0 Å². The quantitative estimate of drug-likeness (QED) is 0.865. The number of hydrogen-bond acceptors (Lipinski definition) is 2. The minimum atomic E-state index is 0.458. The SMILES string of the molecule is Cc1cccc2c1OCCCC2N[C@@H](C)C1CCCCC1. The zero-order valence-corrected chi connectivity index (χ0v) is 13.5. The van der Waals surface area contributed by atoms with Crippen molar-refractivity contribution in [2.45, 2.75) is 70.9 Å². The van der Waals surface area contributed by atoms with Crippen LogP contribution in [0.1, 0.15) is 69.0 Å². The van der Waals surface area contributed by atoms with Crippen molar-refractivity contribution in [1.82, 2.24) is 5.32 Å². The maximum atomic E-state index is 6.00. The summed E-state index contributed by atoms with van der Waals surface area (Å²) in [5.74, 6) is 1.99. The molecule has 2 atom stereocenters. The Morgan fingerprint density at radius 2 is 1.90 bits per heavy atom. The van der Waals surface area contributed by atoms with Gasteiger partial charge in [0, 0.05) is 17.6 Å². The van der Waals surface area contributed by atoms with Crippen molar-refractivity contribution in [3.63, 3.8) is 0 Å². The molecule has 0 spiro atoms. The van der Waals surface area contributed by atoms with Crippen molar-refractivity contribution in [2.24, 2.45) is 5.92 Å². The average molecular weight is 287 g/mol. The molecule has 1 aliphatic heterocycles. The first-order chi connectivity index (χ1) is 10.3. The van der Waals surface area contributed by atoms with Crippen molar-refractivity contribution in [1.29, 1.82) is 0 Å². The van der Waals surface area contributed by atoms with Gasteiger partial charge in [-0.25, -0.2) is 0 Å². The number of aryl methyl sites for hydroxylation is 1. The van der Waals surface area contributed by atoms with E-state index in [1.165, 1.54) is 49.7 Å². The van der Waals surface area contributed by atoms with Gasteiger partial charge in [-0.3, -0.25) is 0 Å². The van der Waals surface area contributed by atoms with E-state index in [9.17, 15) is 0 Å². The van der Waals surface area contributed by atoms with E-state index in [-0.39, 0.29) is 0 Å². The van der Waals surface area contributed by atoms with Crippen LogP contribution in [0.4, 0.5) is 0 Å². The molecule has 1 heterocycles. The molecule has 1 aromatic carbocycles. The molecule has 0 amide bonds. The van der Waals surface area contributed by atoms with Crippen LogP contribution in [0.5, 0.6) is 5.75 Å². The Hall–Kier alpha value is -1.02. The summed E-state index contributed by atoms with van der Waals surface area (Å²) in [6.45, 7) is 5.40. The lowest BCUT2D eigenvalue weighted by Crippen LogP contribution is -2.37.